The van der Waals surface area contributed by atoms with Gasteiger partial charge in [0.2, 0.25) is 0 Å². The number of hydrogen-bond donors (Lipinski definition) is 0. The Labute approximate surface area is 130 Å². The van der Waals surface area contributed by atoms with Crippen LogP contribution in [0.3, 0.4) is 0 Å². The third-order valence-electron chi connectivity index (χ3n) is 4.64. The van der Waals surface area contributed by atoms with Crippen molar-refractivity contribution >= 4 is 16.6 Å². The Morgan fingerprint density at radius 3 is 2.41 bits per heavy atom. The predicted octanol–water partition coefficient (Wildman–Crippen LogP) is 4.95. The summed E-state index contributed by atoms with van der Waals surface area (Å²) in [4.78, 5) is 13.1. The zero-order valence-corrected chi connectivity index (χ0v) is 12.5. The molecule has 0 N–H and O–H groups in total. The number of benzene rings is 3. The number of carbonyl (C=O) groups excluding carboxylic acids is 1. The molecule has 4 rings (SSSR count). The lowest BCUT2D eigenvalue weighted by molar-refractivity contribution is 0.103. The molecule has 3 aromatic rings. The average molecular weight is 286 g/mol. The Hall–Kier alpha value is -2.41. The summed E-state index contributed by atoms with van der Waals surface area (Å²) in [5, 5.41) is 2.28. The molecule has 3 aromatic carbocycles. The second-order valence-corrected chi connectivity index (χ2v) is 6.01. The standard InChI is InChI=1S/C21H18O/c22-21(15-8-2-1-3-9-15)20-18-12-6-4-10-16(18)14-17-11-5-7-13-19(17)20/h1-4,6,8-10,12,14H,5,7,11,13H2. The van der Waals surface area contributed by atoms with E-state index in [0.29, 0.717) is 0 Å². The SMILES string of the molecule is O=C(c1ccccc1)c1c2c(cc3ccccc13)CCCC2. The first kappa shape index (κ1) is 13.3. The molecule has 1 nitrogen and oxygen atoms in total. The third kappa shape index (κ3) is 2.14. The Balaban J connectivity index is 2.01. The smallest absolute Gasteiger partial charge is 0.193 e. The van der Waals surface area contributed by atoms with Crippen molar-refractivity contribution in [3.05, 3.63) is 82.9 Å². The van der Waals surface area contributed by atoms with Gasteiger partial charge in [-0.2, -0.15) is 0 Å². The van der Waals surface area contributed by atoms with Gasteiger partial charge < -0.3 is 0 Å². The second kappa shape index (κ2) is 5.42. The van der Waals surface area contributed by atoms with Gasteiger partial charge in [0.25, 0.3) is 0 Å². The molecule has 0 saturated carbocycles. The maximum atomic E-state index is 13.1. The summed E-state index contributed by atoms with van der Waals surface area (Å²) in [5.41, 5.74) is 4.36. The molecule has 108 valence electrons. The molecule has 0 saturated heterocycles. The molecule has 0 unspecified atom stereocenters. The van der Waals surface area contributed by atoms with Gasteiger partial charge >= 0.3 is 0 Å². The Bertz CT molecular complexity index is 846. The average Bonchev–Trinajstić information content (AvgIpc) is 2.60. The normalized spacial score (nSPS) is 13.8. The highest BCUT2D eigenvalue weighted by molar-refractivity contribution is 6.17. The van der Waals surface area contributed by atoms with E-state index in [0.717, 1.165) is 29.4 Å². The fourth-order valence-corrected chi connectivity index (χ4v) is 3.57. The minimum absolute atomic E-state index is 0.163. The van der Waals surface area contributed by atoms with Crippen LogP contribution in [0, 0.1) is 0 Å². The van der Waals surface area contributed by atoms with Crippen LogP contribution < -0.4 is 0 Å². The van der Waals surface area contributed by atoms with Crippen LogP contribution in [0.1, 0.15) is 39.9 Å². The highest BCUT2D eigenvalue weighted by atomic mass is 16.1. The molecule has 0 aliphatic heterocycles. The van der Waals surface area contributed by atoms with E-state index in [1.807, 2.05) is 42.5 Å². The fraction of sp³-hybridized carbons (Fsp3) is 0.190. The molecule has 1 heteroatoms. The van der Waals surface area contributed by atoms with Gasteiger partial charge in [0.15, 0.2) is 5.78 Å². The monoisotopic (exact) mass is 286 g/mol. The number of fused-ring (bicyclic) bond motifs is 2. The van der Waals surface area contributed by atoms with Gasteiger partial charge in [-0.3, -0.25) is 4.79 Å². The quantitative estimate of drug-likeness (QED) is 0.609. The number of rotatable bonds is 2. The number of hydrogen-bond acceptors (Lipinski definition) is 1. The van der Waals surface area contributed by atoms with Crippen molar-refractivity contribution < 1.29 is 4.79 Å². The first-order valence-corrected chi connectivity index (χ1v) is 7.98. The van der Waals surface area contributed by atoms with E-state index in [2.05, 4.69) is 18.2 Å². The fourth-order valence-electron chi connectivity index (χ4n) is 3.57. The van der Waals surface area contributed by atoms with Crippen LogP contribution in [0.5, 0.6) is 0 Å². The second-order valence-electron chi connectivity index (χ2n) is 6.01. The van der Waals surface area contributed by atoms with Crippen LogP contribution in [0.2, 0.25) is 0 Å². The van der Waals surface area contributed by atoms with Crippen LogP contribution in [0.15, 0.2) is 60.7 Å². The zero-order chi connectivity index (χ0) is 14.9. The summed E-state index contributed by atoms with van der Waals surface area (Å²) >= 11 is 0. The predicted molar refractivity (Wildman–Crippen MR) is 90.5 cm³/mol. The Morgan fingerprint density at radius 2 is 1.55 bits per heavy atom. The summed E-state index contributed by atoms with van der Waals surface area (Å²) in [7, 11) is 0. The molecule has 0 spiro atoms. The van der Waals surface area contributed by atoms with Crippen molar-refractivity contribution in [3.63, 3.8) is 0 Å². The summed E-state index contributed by atoms with van der Waals surface area (Å²) < 4.78 is 0. The molecule has 0 bridgehead atoms. The largest absolute Gasteiger partial charge is 0.289 e. The highest BCUT2D eigenvalue weighted by Gasteiger charge is 2.21. The number of carbonyl (C=O) groups is 1. The van der Waals surface area contributed by atoms with Crippen molar-refractivity contribution in [1.29, 1.82) is 0 Å². The summed E-state index contributed by atoms with van der Waals surface area (Å²) in [6.07, 6.45) is 4.52. The Kier molecular flexibility index (Phi) is 3.27. The summed E-state index contributed by atoms with van der Waals surface area (Å²) in [5.74, 6) is 0.163. The first-order valence-electron chi connectivity index (χ1n) is 7.98. The molecular formula is C21H18O. The van der Waals surface area contributed by atoms with Crippen LogP contribution in [-0.2, 0) is 12.8 Å². The molecule has 0 heterocycles. The number of ketones is 1. The molecule has 0 aromatic heterocycles. The van der Waals surface area contributed by atoms with Crippen molar-refractivity contribution in [1.82, 2.24) is 0 Å². The molecule has 0 amide bonds. The molecule has 0 atom stereocenters. The third-order valence-corrected chi connectivity index (χ3v) is 4.64. The minimum Gasteiger partial charge on any atom is -0.289 e. The van der Waals surface area contributed by atoms with Gasteiger partial charge in [0, 0.05) is 11.1 Å². The van der Waals surface area contributed by atoms with Crippen LogP contribution >= 0.6 is 0 Å². The van der Waals surface area contributed by atoms with Crippen molar-refractivity contribution in [2.45, 2.75) is 25.7 Å². The number of aryl methyl sites for hydroxylation is 1. The topological polar surface area (TPSA) is 17.1 Å². The van der Waals surface area contributed by atoms with E-state index in [4.69, 9.17) is 0 Å². The molecule has 1 aliphatic rings. The van der Waals surface area contributed by atoms with Crippen LogP contribution in [-0.4, -0.2) is 5.78 Å². The van der Waals surface area contributed by atoms with E-state index in [1.54, 1.807) is 0 Å². The zero-order valence-electron chi connectivity index (χ0n) is 12.5. The molecular weight excluding hydrogens is 268 g/mol. The van der Waals surface area contributed by atoms with Crippen LogP contribution in [0.25, 0.3) is 10.8 Å². The van der Waals surface area contributed by atoms with E-state index in [1.165, 1.54) is 29.4 Å². The van der Waals surface area contributed by atoms with Crippen LogP contribution in [0.4, 0.5) is 0 Å². The van der Waals surface area contributed by atoms with Crippen molar-refractivity contribution in [2.75, 3.05) is 0 Å². The van der Waals surface area contributed by atoms with Gasteiger partial charge in [-0.15, -0.1) is 0 Å². The lowest BCUT2D eigenvalue weighted by Gasteiger charge is -2.21. The first-order chi connectivity index (χ1) is 10.8. The summed E-state index contributed by atoms with van der Waals surface area (Å²) in [6.45, 7) is 0. The van der Waals surface area contributed by atoms with E-state index in [-0.39, 0.29) is 5.78 Å². The van der Waals surface area contributed by atoms with Gasteiger partial charge in [0.1, 0.15) is 0 Å². The maximum absolute atomic E-state index is 13.1. The lowest BCUT2D eigenvalue weighted by Crippen LogP contribution is -2.12. The lowest BCUT2D eigenvalue weighted by atomic mass is 9.82. The Morgan fingerprint density at radius 1 is 0.818 bits per heavy atom. The maximum Gasteiger partial charge on any atom is 0.193 e. The minimum atomic E-state index is 0.163. The highest BCUT2D eigenvalue weighted by Crippen LogP contribution is 2.32. The van der Waals surface area contributed by atoms with Gasteiger partial charge in [0.05, 0.1) is 0 Å². The van der Waals surface area contributed by atoms with E-state index < -0.39 is 0 Å². The van der Waals surface area contributed by atoms with E-state index >= 15 is 0 Å². The summed E-state index contributed by atoms with van der Waals surface area (Å²) in [6, 6.07) is 20.2. The molecule has 22 heavy (non-hydrogen) atoms. The van der Waals surface area contributed by atoms with Gasteiger partial charge in [-0.1, -0.05) is 60.7 Å². The molecule has 0 radical (unpaired) electrons. The molecule has 1 aliphatic carbocycles. The molecule has 0 fully saturated rings. The van der Waals surface area contributed by atoms with E-state index in [9.17, 15) is 4.79 Å². The van der Waals surface area contributed by atoms with Gasteiger partial charge in [-0.05, 0) is 47.6 Å². The van der Waals surface area contributed by atoms with Crippen molar-refractivity contribution in [3.8, 4) is 0 Å². The van der Waals surface area contributed by atoms with Gasteiger partial charge in [-0.25, -0.2) is 0 Å². The van der Waals surface area contributed by atoms with Crippen molar-refractivity contribution in [2.24, 2.45) is 0 Å².